The molecule has 0 unspecified atom stereocenters. The highest BCUT2D eigenvalue weighted by Crippen LogP contribution is 2.48. The van der Waals surface area contributed by atoms with Crippen LogP contribution in [0.25, 0.3) is 0 Å². The first-order valence-corrected chi connectivity index (χ1v) is 16.0. The van der Waals surface area contributed by atoms with E-state index in [1.807, 2.05) is 11.8 Å². The summed E-state index contributed by atoms with van der Waals surface area (Å²) in [5.41, 5.74) is 3.18. The number of anilines is 2. The number of benzene rings is 2. The molecule has 2 aromatic carbocycles. The molecule has 0 saturated carbocycles. The molecule has 0 amide bonds. The first kappa shape index (κ1) is 30.0. The maximum Gasteiger partial charge on any atom is 0.494 e. The minimum Gasteiger partial charge on any atom is -0.399 e. The van der Waals surface area contributed by atoms with Crippen LogP contribution in [0.5, 0.6) is 0 Å². The third-order valence-electron chi connectivity index (χ3n) is 9.56. The van der Waals surface area contributed by atoms with Crippen LogP contribution in [0.15, 0.2) is 46.2 Å². The van der Waals surface area contributed by atoms with Crippen molar-refractivity contribution in [2.75, 3.05) is 11.4 Å². The highest BCUT2D eigenvalue weighted by Gasteiger charge is 2.53. The molecule has 5 nitrogen and oxygen atoms in total. The van der Waals surface area contributed by atoms with Crippen LogP contribution in [0.4, 0.5) is 11.4 Å². The highest BCUT2D eigenvalue weighted by atomic mass is 32.2. The van der Waals surface area contributed by atoms with E-state index in [0.717, 1.165) is 17.5 Å². The topological polar surface area (TPSA) is 40.2 Å². The number of unbranched alkanes of at least 4 members (excludes halogenated alkanes) is 5. The number of hydrogen-bond donors (Lipinski definition) is 0. The predicted molar refractivity (Wildman–Crippen MR) is 169 cm³/mol. The van der Waals surface area contributed by atoms with E-state index >= 15 is 0 Å². The molecule has 2 saturated heterocycles. The second-order valence-electron chi connectivity index (χ2n) is 13.7. The summed E-state index contributed by atoms with van der Waals surface area (Å²) in [5.74, 6) is 0. The molecule has 40 heavy (non-hydrogen) atoms. The largest absolute Gasteiger partial charge is 0.494 e. The minimum atomic E-state index is -0.375. The maximum atomic E-state index is 6.40. The lowest BCUT2D eigenvalue weighted by Gasteiger charge is -2.33. The van der Waals surface area contributed by atoms with Crippen molar-refractivity contribution in [3.8, 4) is 0 Å². The Morgan fingerprint density at radius 3 is 1.43 bits per heavy atom. The lowest BCUT2D eigenvalue weighted by molar-refractivity contribution is 0.00578. The van der Waals surface area contributed by atoms with Gasteiger partial charge >= 0.3 is 14.2 Å². The Morgan fingerprint density at radius 2 is 1.00 bits per heavy atom. The second kappa shape index (κ2) is 11.0. The van der Waals surface area contributed by atoms with Gasteiger partial charge in [0, 0.05) is 16.3 Å². The Morgan fingerprint density at radius 1 is 0.600 bits per heavy atom. The van der Waals surface area contributed by atoms with Gasteiger partial charge in [0.05, 0.1) is 33.8 Å². The van der Waals surface area contributed by atoms with Crippen LogP contribution in [0, 0.1) is 0 Å². The zero-order valence-electron chi connectivity index (χ0n) is 26.1. The standard InChI is InChI=1S/C32H47B2NO4S/c1-10-11-12-13-14-15-20-35-25-18-16-23(33-36-29(2,3)30(4,5)37-33)21-27(25)40-28-22-24(17-19-26(28)35)34-38-31(6,7)32(8,9)39-34/h16-19,21-22H,10-15,20H2,1-9H3. The predicted octanol–water partition coefficient (Wildman–Crippen LogP) is 7.25. The van der Waals surface area contributed by atoms with Crippen LogP contribution in [-0.2, 0) is 18.6 Å². The third-order valence-corrected chi connectivity index (χ3v) is 10.6. The summed E-state index contributed by atoms with van der Waals surface area (Å²) in [6, 6.07) is 13.4. The van der Waals surface area contributed by atoms with Crippen molar-refractivity contribution < 1.29 is 18.6 Å². The van der Waals surface area contributed by atoms with Gasteiger partial charge in [-0.3, -0.25) is 0 Å². The minimum absolute atomic E-state index is 0.366. The van der Waals surface area contributed by atoms with Gasteiger partial charge in [0.1, 0.15) is 0 Å². The van der Waals surface area contributed by atoms with E-state index < -0.39 is 0 Å². The van der Waals surface area contributed by atoms with Gasteiger partial charge in [-0.25, -0.2) is 0 Å². The molecule has 2 fully saturated rings. The fourth-order valence-electron chi connectivity index (χ4n) is 5.46. The molecular weight excluding hydrogens is 516 g/mol. The fraction of sp³-hybridized carbons (Fsp3) is 0.625. The Kier molecular flexibility index (Phi) is 8.26. The van der Waals surface area contributed by atoms with Crippen LogP contribution < -0.4 is 15.8 Å². The van der Waals surface area contributed by atoms with Crippen LogP contribution >= 0.6 is 11.8 Å². The van der Waals surface area contributed by atoms with E-state index in [0.29, 0.717) is 0 Å². The van der Waals surface area contributed by atoms with Crippen molar-refractivity contribution in [1.82, 2.24) is 0 Å². The maximum absolute atomic E-state index is 6.40. The van der Waals surface area contributed by atoms with Crippen LogP contribution in [0.3, 0.4) is 0 Å². The van der Waals surface area contributed by atoms with Gasteiger partial charge in [-0.15, -0.1) is 0 Å². The van der Waals surface area contributed by atoms with Crippen molar-refractivity contribution in [1.29, 1.82) is 0 Å². The molecule has 0 atom stereocenters. The molecule has 0 bridgehead atoms. The van der Waals surface area contributed by atoms with Crippen molar-refractivity contribution in [2.24, 2.45) is 0 Å². The number of nitrogens with zero attached hydrogens (tertiary/aromatic N) is 1. The number of rotatable bonds is 9. The molecule has 3 heterocycles. The first-order chi connectivity index (χ1) is 18.7. The van der Waals surface area contributed by atoms with E-state index in [2.05, 4.69) is 104 Å². The Hall–Kier alpha value is -1.44. The number of hydrogen-bond acceptors (Lipinski definition) is 6. The van der Waals surface area contributed by atoms with Gasteiger partial charge in [0.25, 0.3) is 0 Å². The first-order valence-electron chi connectivity index (χ1n) is 15.2. The molecule has 0 spiro atoms. The van der Waals surface area contributed by atoms with Crippen molar-refractivity contribution >= 4 is 48.3 Å². The summed E-state index contributed by atoms with van der Waals surface area (Å²) in [5, 5.41) is 0. The van der Waals surface area contributed by atoms with Crippen molar-refractivity contribution in [3.63, 3.8) is 0 Å². The van der Waals surface area contributed by atoms with Crippen molar-refractivity contribution in [2.45, 2.75) is 133 Å². The van der Waals surface area contributed by atoms with Crippen LogP contribution in [-0.4, -0.2) is 43.2 Å². The van der Waals surface area contributed by atoms with Gasteiger partial charge in [-0.05, 0) is 97.0 Å². The summed E-state index contributed by atoms with van der Waals surface area (Å²) in [7, 11) is -0.749. The summed E-state index contributed by atoms with van der Waals surface area (Å²) in [4.78, 5) is 4.97. The van der Waals surface area contributed by atoms with Gasteiger partial charge in [-0.1, -0.05) is 62.9 Å². The van der Waals surface area contributed by atoms with Gasteiger partial charge in [0.2, 0.25) is 0 Å². The highest BCUT2D eigenvalue weighted by molar-refractivity contribution is 7.99. The van der Waals surface area contributed by atoms with E-state index in [-0.39, 0.29) is 36.6 Å². The summed E-state index contributed by atoms with van der Waals surface area (Å²) in [6.07, 6.45) is 7.67. The SMILES string of the molecule is CCCCCCCCN1c2ccc(B3OC(C)(C)C(C)(C)O3)cc2Sc2cc(B3OC(C)(C)C(C)(C)O3)ccc21. The molecule has 3 aliphatic rings. The van der Waals surface area contributed by atoms with E-state index in [1.54, 1.807) is 0 Å². The van der Waals surface area contributed by atoms with Crippen molar-refractivity contribution in [3.05, 3.63) is 36.4 Å². The molecule has 5 rings (SSSR count). The fourth-order valence-corrected chi connectivity index (χ4v) is 6.65. The second-order valence-corrected chi connectivity index (χ2v) is 14.7. The zero-order chi connectivity index (χ0) is 28.9. The van der Waals surface area contributed by atoms with E-state index in [9.17, 15) is 0 Å². The van der Waals surface area contributed by atoms with Gasteiger partial charge in [-0.2, -0.15) is 0 Å². The normalized spacial score (nSPS) is 22.0. The Bertz CT molecular complexity index is 1110. The Labute approximate surface area is 247 Å². The van der Waals surface area contributed by atoms with Gasteiger partial charge in [0.15, 0.2) is 0 Å². The van der Waals surface area contributed by atoms with Crippen LogP contribution in [0.1, 0.15) is 101 Å². The zero-order valence-corrected chi connectivity index (χ0v) is 26.9. The molecule has 3 aliphatic heterocycles. The monoisotopic (exact) mass is 563 g/mol. The molecule has 0 aliphatic carbocycles. The lowest BCUT2D eigenvalue weighted by atomic mass is 9.78. The third kappa shape index (κ3) is 5.64. The van der Waals surface area contributed by atoms with Crippen LogP contribution in [0.2, 0.25) is 0 Å². The van der Waals surface area contributed by atoms with Gasteiger partial charge < -0.3 is 23.5 Å². The molecule has 0 radical (unpaired) electrons. The summed E-state index contributed by atoms with van der Waals surface area (Å²) in [6.45, 7) is 20.1. The molecule has 216 valence electrons. The Balaban J connectivity index is 1.43. The van der Waals surface area contributed by atoms with E-state index in [1.165, 1.54) is 59.7 Å². The smallest absolute Gasteiger partial charge is 0.399 e. The summed E-state index contributed by atoms with van der Waals surface area (Å²) < 4.78 is 25.6. The molecule has 0 aromatic heterocycles. The molecule has 0 N–H and O–H groups in total. The summed E-state index contributed by atoms with van der Waals surface area (Å²) >= 11 is 1.82. The average molecular weight is 563 g/mol. The lowest BCUT2D eigenvalue weighted by Crippen LogP contribution is -2.41. The quantitative estimate of drug-likeness (QED) is 0.237. The average Bonchev–Trinajstić information content (AvgIpc) is 3.24. The molecular formula is C32H47B2NO4S. The number of fused-ring (bicyclic) bond motifs is 2. The van der Waals surface area contributed by atoms with E-state index in [4.69, 9.17) is 18.6 Å². The molecule has 8 heteroatoms. The molecule has 2 aromatic rings.